The minimum absolute atomic E-state index is 0.113. The third-order valence-electron chi connectivity index (χ3n) is 6.19. The molecule has 0 saturated carbocycles. The SMILES string of the molecule is CCc1cc(C(=O)N2CCN(c3cc(C(C)(C)C)cc(C(C)(C)C)c3)CC2)sc1C. The monoisotopic (exact) mass is 426 g/mol. The van der Waals surface area contributed by atoms with Crippen LogP contribution in [-0.2, 0) is 17.3 Å². The highest BCUT2D eigenvalue weighted by Gasteiger charge is 2.26. The largest absolute Gasteiger partial charge is 0.368 e. The number of carbonyl (C=O) groups excluding carboxylic acids is 1. The van der Waals surface area contributed by atoms with Gasteiger partial charge in [0.25, 0.3) is 5.91 Å². The Morgan fingerprint density at radius 1 is 0.900 bits per heavy atom. The number of thiophene rings is 1. The summed E-state index contributed by atoms with van der Waals surface area (Å²) < 4.78 is 0. The number of rotatable bonds is 3. The molecule has 0 unspecified atom stereocenters. The van der Waals surface area contributed by atoms with E-state index >= 15 is 0 Å². The molecule has 2 heterocycles. The Kier molecular flexibility index (Phi) is 6.38. The molecule has 3 nitrogen and oxygen atoms in total. The Labute approximate surface area is 187 Å². The van der Waals surface area contributed by atoms with Gasteiger partial charge in [0.2, 0.25) is 0 Å². The molecule has 1 saturated heterocycles. The summed E-state index contributed by atoms with van der Waals surface area (Å²) in [5, 5.41) is 0. The first-order chi connectivity index (χ1) is 13.9. The molecule has 1 aromatic heterocycles. The van der Waals surface area contributed by atoms with Crippen molar-refractivity contribution in [2.24, 2.45) is 0 Å². The van der Waals surface area contributed by atoms with Crippen molar-refractivity contribution in [3.8, 4) is 0 Å². The van der Waals surface area contributed by atoms with E-state index in [4.69, 9.17) is 0 Å². The molecule has 1 aromatic carbocycles. The van der Waals surface area contributed by atoms with Gasteiger partial charge in [0.05, 0.1) is 4.88 Å². The molecule has 1 aliphatic rings. The third kappa shape index (κ3) is 4.91. The van der Waals surface area contributed by atoms with Gasteiger partial charge in [-0.05, 0) is 59.1 Å². The topological polar surface area (TPSA) is 23.6 Å². The first kappa shape index (κ1) is 22.9. The normalized spacial score (nSPS) is 15.6. The van der Waals surface area contributed by atoms with E-state index in [9.17, 15) is 4.79 Å². The zero-order chi connectivity index (χ0) is 22.3. The number of hydrogen-bond donors (Lipinski definition) is 0. The zero-order valence-corrected chi connectivity index (χ0v) is 20.9. The summed E-state index contributed by atoms with van der Waals surface area (Å²) >= 11 is 1.64. The van der Waals surface area contributed by atoms with Gasteiger partial charge < -0.3 is 9.80 Å². The van der Waals surface area contributed by atoms with Crippen molar-refractivity contribution in [2.75, 3.05) is 31.1 Å². The third-order valence-corrected chi connectivity index (χ3v) is 7.27. The van der Waals surface area contributed by atoms with Gasteiger partial charge in [-0.1, -0.05) is 54.5 Å². The van der Waals surface area contributed by atoms with E-state index in [1.165, 1.54) is 27.3 Å². The molecule has 2 aromatic rings. The maximum absolute atomic E-state index is 13.0. The quantitative estimate of drug-likeness (QED) is 0.585. The molecule has 0 atom stereocenters. The molecule has 1 fully saturated rings. The molecular weight excluding hydrogens is 388 g/mol. The number of benzene rings is 1. The van der Waals surface area contributed by atoms with Gasteiger partial charge in [-0.3, -0.25) is 4.79 Å². The Morgan fingerprint density at radius 2 is 1.43 bits per heavy atom. The van der Waals surface area contributed by atoms with Crippen molar-refractivity contribution in [1.82, 2.24) is 4.90 Å². The van der Waals surface area contributed by atoms with Gasteiger partial charge in [-0.25, -0.2) is 0 Å². The van der Waals surface area contributed by atoms with Gasteiger partial charge >= 0.3 is 0 Å². The summed E-state index contributed by atoms with van der Waals surface area (Å²) in [5.41, 5.74) is 5.58. The second-order valence-corrected chi connectivity index (χ2v) is 11.8. The Bertz CT molecular complexity index is 874. The van der Waals surface area contributed by atoms with Crippen molar-refractivity contribution in [2.45, 2.75) is 72.6 Å². The molecule has 164 valence electrons. The van der Waals surface area contributed by atoms with Gasteiger partial charge in [0.15, 0.2) is 0 Å². The highest BCUT2D eigenvalue weighted by Crippen LogP contribution is 2.34. The van der Waals surface area contributed by atoms with E-state index < -0.39 is 0 Å². The van der Waals surface area contributed by atoms with Crippen LogP contribution in [0.5, 0.6) is 0 Å². The van der Waals surface area contributed by atoms with Crippen molar-refractivity contribution < 1.29 is 4.79 Å². The lowest BCUT2D eigenvalue weighted by atomic mass is 9.80. The van der Waals surface area contributed by atoms with Crippen LogP contribution in [0.15, 0.2) is 24.3 Å². The summed E-state index contributed by atoms with van der Waals surface area (Å²) in [6.07, 6.45) is 0.990. The van der Waals surface area contributed by atoms with Crippen LogP contribution >= 0.6 is 11.3 Å². The highest BCUT2D eigenvalue weighted by molar-refractivity contribution is 7.14. The zero-order valence-electron chi connectivity index (χ0n) is 20.1. The lowest BCUT2D eigenvalue weighted by molar-refractivity contribution is 0.0751. The molecular formula is C26H38N2OS. The maximum atomic E-state index is 13.0. The summed E-state index contributed by atoms with van der Waals surface area (Å²) in [7, 11) is 0. The number of carbonyl (C=O) groups is 1. The fraction of sp³-hybridized carbons (Fsp3) is 0.577. The average molecular weight is 427 g/mol. The lowest BCUT2D eigenvalue weighted by Crippen LogP contribution is -2.48. The second-order valence-electron chi connectivity index (χ2n) is 10.6. The predicted molar refractivity (Wildman–Crippen MR) is 130 cm³/mol. The number of nitrogens with zero attached hydrogens (tertiary/aromatic N) is 2. The standard InChI is InChI=1S/C26H38N2OS/c1-9-19-14-23(30-18(19)2)24(29)28-12-10-27(11-13-28)22-16-20(25(3,4)5)15-21(17-22)26(6,7)8/h14-17H,9-13H2,1-8H3. The lowest BCUT2D eigenvalue weighted by Gasteiger charge is -2.37. The van der Waals surface area contributed by atoms with Crippen LogP contribution in [0.4, 0.5) is 5.69 Å². The molecule has 4 heteroatoms. The van der Waals surface area contributed by atoms with E-state index in [1.807, 2.05) is 4.90 Å². The molecule has 0 spiro atoms. The van der Waals surface area contributed by atoms with Gasteiger partial charge in [-0.15, -0.1) is 11.3 Å². The van der Waals surface area contributed by atoms with Crippen molar-refractivity contribution in [1.29, 1.82) is 0 Å². The molecule has 1 aliphatic heterocycles. The highest BCUT2D eigenvalue weighted by atomic mass is 32.1. The first-order valence-electron chi connectivity index (χ1n) is 11.2. The molecule has 0 bridgehead atoms. The Hall–Kier alpha value is -1.81. The van der Waals surface area contributed by atoms with E-state index in [-0.39, 0.29) is 16.7 Å². The minimum atomic E-state index is 0.113. The average Bonchev–Trinajstić information content (AvgIpc) is 3.06. The number of amides is 1. The minimum Gasteiger partial charge on any atom is -0.368 e. The first-order valence-corrected chi connectivity index (χ1v) is 12.0. The van der Waals surface area contributed by atoms with Crippen molar-refractivity contribution in [3.05, 3.63) is 50.7 Å². The van der Waals surface area contributed by atoms with Crippen molar-refractivity contribution in [3.63, 3.8) is 0 Å². The fourth-order valence-corrected chi connectivity index (χ4v) is 5.04. The summed E-state index contributed by atoms with van der Waals surface area (Å²) in [6.45, 7) is 21.3. The van der Waals surface area contributed by atoms with Crippen molar-refractivity contribution >= 4 is 22.9 Å². The molecule has 0 aliphatic carbocycles. The second kappa shape index (κ2) is 8.37. The summed E-state index contributed by atoms with van der Waals surface area (Å²) in [4.78, 5) is 19.7. The van der Waals surface area contributed by atoms with E-state index in [1.54, 1.807) is 11.3 Å². The summed E-state index contributed by atoms with van der Waals surface area (Å²) in [5.74, 6) is 0.196. The van der Waals surface area contributed by atoms with Crippen LogP contribution < -0.4 is 4.90 Å². The summed E-state index contributed by atoms with van der Waals surface area (Å²) in [6, 6.07) is 9.16. The molecule has 0 N–H and O–H groups in total. The van der Waals surface area contributed by atoms with E-state index in [0.717, 1.165) is 37.5 Å². The van der Waals surface area contributed by atoms with E-state index in [2.05, 4.69) is 84.6 Å². The Balaban J connectivity index is 1.78. The smallest absolute Gasteiger partial charge is 0.264 e. The van der Waals surface area contributed by atoms with Crippen LogP contribution in [0, 0.1) is 6.92 Å². The maximum Gasteiger partial charge on any atom is 0.264 e. The van der Waals surface area contributed by atoms with Crippen LogP contribution in [0.25, 0.3) is 0 Å². The van der Waals surface area contributed by atoms with Gasteiger partial charge in [0.1, 0.15) is 0 Å². The number of anilines is 1. The van der Waals surface area contributed by atoms with Gasteiger partial charge in [-0.2, -0.15) is 0 Å². The fourth-order valence-electron chi connectivity index (χ4n) is 3.96. The number of hydrogen-bond acceptors (Lipinski definition) is 3. The predicted octanol–water partition coefficient (Wildman–Crippen LogP) is 6.18. The van der Waals surface area contributed by atoms with Gasteiger partial charge in [0, 0.05) is 36.7 Å². The molecule has 1 amide bonds. The number of piperazine rings is 1. The van der Waals surface area contributed by atoms with E-state index in [0.29, 0.717) is 0 Å². The molecule has 3 rings (SSSR count). The van der Waals surface area contributed by atoms with Crippen LogP contribution in [0.1, 0.15) is 79.7 Å². The Morgan fingerprint density at radius 3 is 1.87 bits per heavy atom. The number of aryl methyl sites for hydroxylation is 2. The van der Waals surface area contributed by atoms with Crippen LogP contribution in [0.2, 0.25) is 0 Å². The van der Waals surface area contributed by atoms with Crippen LogP contribution in [0.3, 0.4) is 0 Å². The molecule has 30 heavy (non-hydrogen) atoms. The molecule has 0 radical (unpaired) electrons. The van der Waals surface area contributed by atoms with Crippen LogP contribution in [-0.4, -0.2) is 37.0 Å².